The van der Waals surface area contributed by atoms with Gasteiger partial charge < -0.3 is 5.73 Å². The summed E-state index contributed by atoms with van der Waals surface area (Å²) in [5, 5.41) is 4.22. The molecule has 4 nitrogen and oxygen atoms in total. The first-order chi connectivity index (χ1) is 8.48. The summed E-state index contributed by atoms with van der Waals surface area (Å²) in [5.74, 6) is 0. The van der Waals surface area contributed by atoms with E-state index in [1.807, 2.05) is 18.3 Å². The predicted octanol–water partition coefficient (Wildman–Crippen LogP) is 2.47. The SMILES string of the molecule is CC(C)(C)c1nnsc1C(N)Cc1cccnc1. The van der Waals surface area contributed by atoms with Crippen molar-refractivity contribution in [3.05, 3.63) is 40.7 Å². The van der Waals surface area contributed by atoms with Crippen molar-refractivity contribution < 1.29 is 0 Å². The second kappa shape index (κ2) is 5.12. The Hall–Kier alpha value is -1.33. The Kier molecular flexibility index (Phi) is 3.73. The van der Waals surface area contributed by atoms with Crippen molar-refractivity contribution in [1.29, 1.82) is 0 Å². The van der Waals surface area contributed by atoms with Crippen LogP contribution in [0, 0.1) is 0 Å². The second-order valence-electron chi connectivity index (χ2n) is 5.41. The molecule has 2 aromatic rings. The Bertz CT molecular complexity index is 501. The van der Waals surface area contributed by atoms with E-state index >= 15 is 0 Å². The first kappa shape index (κ1) is 13.1. The van der Waals surface area contributed by atoms with E-state index < -0.39 is 0 Å². The third-order valence-corrected chi connectivity index (χ3v) is 3.60. The van der Waals surface area contributed by atoms with Gasteiger partial charge in [-0.3, -0.25) is 4.98 Å². The summed E-state index contributed by atoms with van der Waals surface area (Å²) in [7, 11) is 0. The Morgan fingerprint density at radius 2 is 2.17 bits per heavy atom. The zero-order valence-corrected chi connectivity index (χ0v) is 11.7. The van der Waals surface area contributed by atoms with Crippen LogP contribution in [0.15, 0.2) is 24.5 Å². The molecule has 0 aliphatic rings. The molecule has 2 N–H and O–H groups in total. The molecule has 2 aromatic heterocycles. The highest BCUT2D eigenvalue weighted by Gasteiger charge is 2.25. The number of hydrogen-bond acceptors (Lipinski definition) is 5. The van der Waals surface area contributed by atoms with E-state index in [1.165, 1.54) is 11.5 Å². The van der Waals surface area contributed by atoms with Gasteiger partial charge in [0.2, 0.25) is 0 Å². The fourth-order valence-corrected chi connectivity index (χ4v) is 2.69. The van der Waals surface area contributed by atoms with E-state index in [0.29, 0.717) is 0 Å². The van der Waals surface area contributed by atoms with Crippen LogP contribution < -0.4 is 5.73 Å². The van der Waals surface area contributed by atoms with Crippen LogP contribution in [-0.4, -0.2) is 14.6 Å². The van der Waals surface area contributed by atoms with Gasteiger partial charge >= 0.3 is 0 Å². The van der Waals surface area contributed by atoms with E-state index in [1.54, 1.807) is 6.20 Å². The molecular formula is C13H18N4S. The summed E-state index contributed by atoms with van der Waals surface area (Å²) >= 11 is 1.40. The summed E-state index contributed by atoms with van der Waals surface area (Å²) in [4.78, 5) is 5.18. The van der Waals surface area contributed by atoms with E-state index in [2.05, 4.69) is 35.3 Å². The minimum Gasteiger partial charge on any atom is -0.323 e. The largest absolute Gasteiger partial charge is 0.323 e. The Balaban J connectivity index is 2.20. The van der Waals surface area contributed by atoms with Gasteiger partial charge in [-0.25, -0.2) is 0 Å². The molecule has 0 aromatic carbocycles. The third kappa shape index (κ3) is 2.91. The molecule has 0 aliphatic carbocycles. The molecule has 0 spiro atoms. The van der Waals surface area contributed by atoms with E-state index in [0.717, 1.165) is 22.6 Å². The maximum absolute atomic E-state index is 6.27. The van der Waals surface area contributed by atoms with E-state index in [-0.39, 0.29) is 11.5 Å². The molecule has 0 fully saturated rings. The molecule has 0 amide bonds. The number of nitrogens with two attached hydrogens (primary N) is 1. The molecular weight excluding hydrogens is 244 g/mol. The first-order valence-corrected chi connectivity index (χ1v) is 6.73. The van der Waals surface area contributed by atoms with Crippen LogP contribution in [0.4, 0.5) is 0 Å². The molecule has 2 rings (SSSR count). The van der Waals surface area contributed by atoms with Crippen LogP contribution >= 0.6 is 11.5 Å². The van der Waals surface area contributed by atoms with Crippen molar-refractivity contribution in [2.24, 2.45) is 5.73 Å². The number of rotatable bonds is 3. The molecule has 5 heteroatoms. The highest BCUT2D eigenvalue weighted by atomic mass is 32.1. The summed E-state index contributed by atoms with van der Waals surface area (Å²) in [5.41, 5.74) is 8.39. The van der Waals surface area contributed by atoms with Crippen LogP contribution in [0.3, 0.4) is 0 Å². The highest BCUT2D eigenvalue weighted by molar-refractivity contribution is 7.05. The van der Waals surface area contributed by atoms with Crippen LogP contribution in [0.1, 0.15) is 42.9 Å². The number of pyridine rings is 1. The Labute approximate surface area is 111 Å². The smallest absolute Gasteiger partial charge is 0.0857 e. The van der Waals surface area contributed by atoms with Gasteiger partial charge in [0.05, 0.1) is 10.6 Å². The van der Waals surface area contributed by atoms with Crippen molar-refractivity contribution in [2.75, 3.05) is 0 Å². The van der Waals surface area contributed by atoms with Gasteiger partial charge in [-0.15, -0.1) is 5.10 Å². The average Bonchev–Trinajstić information content (AvgIpc) is 2.79. The van der Waals surface area contributed by atoms with Crippen molar-refractivity contribution >= 4 is 11.5 Å². The van der Waals surface area contributed by atoms with Crippen LogP contribution in [0.2, 0.25) is 0 Å². The van der Waals surface area contributed by atoms with Crippen LogP contribution in [-0.2, 0) is 11.8 Å². The topological polar surface area (TPSA) is 64.7 Å². The Morgan fingerprint density at radius 1 is 1.39 bits per heavy atom. The summed E-state index contributed by atoms with van der Waals surface area (Å²) in [6.45, 7) is 6.39. The van der Waals surface area contributed by atoms with Gasteiger partial charge in [-0.2, -0.15) is 0 Å². The maximum Gasteiger partial charge on any atom is 0.0857 e. The van der Waals surface area contributed by atoms with Gasteiger partial charge in [0, 0.05) is 23.9 Å². The van der Waals surface area contributed by atoms with E-state index in [9.17, 15) is 0 Å². The van der Waals surface area contributed by atoms with Gasteiger partial charge in [0.15, 0.2) is 0 Å². The molecule has 0 saturated heterocycles. The minimum absolute atomic E-state index is 0.0190. The quantitative estimate of drug-likeness (QED) is 0.923. The van der Waals surface area contributed by atoms with Crippen molar-refractivity contribution in [3.63, 3.8) is 0 Å². The van der Waals surface area contributed by atoms with Gasteiger partial charge in [-0.1, -0.05) is 31.3 Å². The fourth-order valence-electron chi connectivity index (χ4n) is 1.83. The average molecular weight is 262 g/mol. The molecule has 96 valence electrons. The Morgan fingerprint density at radius 3 is 2.78 bits per heavy atom. The summed E-state index contributed by atoms with van der Waals surface area (Å²) < 4.78 is 4.05. The third-order valence-electron chi connectivity index (χ3n) is 2.74. The molecule has 2 heterocycles. The zero-order chi connectivity index (χ0) is 13.2. The molecule has 0 bridgehead atoms. The lowest BCUT2D eigenvalue weighted by atomic mass is 9.89. The monoisotopic (exact) mass is 262 g/mol. The lowest BCUT2D eigenvalue weighted by Gasteiger charge is -2.19. The standard InChI is InChI=1S/C13H18N4S/c1-13(2,3)12-11(18-17-16-12)10(14)7-9-5-4-6-15-8-9/h4-6,8,10H,7,14H2,1-3H3. The normalized spacial score (nSPS) is 13.6. The fraction of sp³-hybridized carbons (Fsp3) is 0.462. The van der Waals surface area contributed by atoms with Gasteiger partial charge in [0.1, 0.15) is 0 Å². The number of hydrogen-bond donors (Lipinski definition) is 1. The molecule has 0 saturated carbocycles. The molecule has 1 atom stereocenters. The second-order valence-corrected chi connectivity index (χ2v) is 6.19. The zero-order valence-electron chi connectivity index (χ0n) is 10.9. The lowest BCUT2D eigenvalue weighted by Crippen LogP contribution is -2.20. The van der Waals surface area contributed by atoms with Crippen molar-refractivity contribution in [2.45, 2.75) is 38.6 Å². The van der Waals surface area contributed by atoms with Crippen molar-refractivity contribution in [1.82, 2.24) is 14.6 Å². The first-order valence-electron chi connectivity index (χ1n) is 5.95. The minimum atomic E-state index is -0.0663. The van der Waals surface area contributed by atoms with Crippen molar-refractivity contribution in [3.8, 4) is 0 Å². The maximum atomic E-state index is 6.27. The lowest BCUT2D eigenvalue weighted by molar-refractivity contribution is 0.550. The molecule has 1 unspecified atom stereocenters. The summed E-state index contributed by atoms with van der Waals surface area (Å²) in [6, 6.07) is 3.90. The van der Waals surface area contributed by atoms with E-state index in [4.69, 9.17) is 5.73 Å². The van der Waals surface area contributed by atoms with Crippen LogP contribution in [0.5, 0.6) is 0 Å². The number of aromatic nitrogens is 3. The molecule has 0 aliphatic heterocycles. The molecule has 18 heavy (non-hydrogen) atoms. The van der Waals surface area contributed by atoms with Gasteiger partial charge in [0.25, 0.3) is 0 Å². The highest BCUT2D eigenvalue weighted by Crippen LogP contribution is 2.30. The predicted molar refractivity (Wildman–Crippen MR) is 73.5 cm³/mol. The molecule has 0 radical (unpaired) electrons. The van der Waals surface area contributed by atoms with Crippen LogP contribution in [0.25, 0.3) is 0 Å². The van der Waals surface area contributed by atoms with Gasteiger partial charge in [-0.05, 0) is 29.6 Å². The number of nitrogens with zero attached hydrogens (tertiary/aromatic N) is 3. The summed E-state index contributed by atoms with van der Waals surface area (Å²) in [6.07, 6.45) is 4.38.